The molecule has 1 amide bonds. The predicted octanol–water partition coefficient (Wildman–Crippen LogP) is 2.24. The van der Waals surface area contributed by atoms with E-state index in [0.29, 0.717) is 18.3 Å². The van der Waals surface area contributed by atoms with Crippen LogP contribution >= 0.6 is 23.1 Å². The normalized spacial score (nSPS) is 11.6. The molecule has 0 aromatic carbocycles. The van der Waals surface area contributed by atoms with Crippen molar-refractivity contribution in [2.24, 2.45) is 5.73 Å². The molecule has 0 radical (unpaired) electrons. The van der Waals surface area contributed by atoms with Crippen molar-refractivity contribution in [3.05, 3.63) is 21.4 Å². The quantitative estimate of drug-likeness (QED) is 0.819. The zero-order valence-corrected chi connectivity index (χ0v) is 13.2. The van der Waals surface area contributed by atoms with Gasteiger partial charge in [-0.15, -0.1) is 11.3 Å². The lowest BCUT2D eigenvalue weighted by Gasteiger charge is -2.08. The number of thiophene rings is 1. The van der Waals surface area contributed by atoms with Crippen molar-refractivity contribution in [1.82, 2.24) is 5.32 Å². The fraction of sp³-hybridized carbons (Fsp3) is 0.500. The zero-order valence-electron chi connectivity index (χ0n) is 11.6. The molecule has 1 unspecified atom stereocenters. The topological polar surface area (TPSA) is 55.1 Å². The first kappa shape index (κ1) is 16.1. The van der Waals surface area contributed by atoms with E-state index in [1.165, 1.54) is 11.3 Å². The highest BCUT2D eigenvalue weighted by Crippen LogP contribution is 2.20. The first-order chi connectivity index (χ1) is 9.08. The van der Waals surface area contributed by atoms with Crippen molar-refractivity contribution in [1.29, 1.82) is 0 Å². The molecule has 1 rings (SSSR count). The molecule has 19 heavy (non-hydrogen) atoms. The third-order valence-electron chi connectivity index (χ3n) is 2.68. The van der Waals surface area contributed by atoms with Crippen molar-refractivity contribution in [3.63, 3.8) is 0 Å². The Balaban J connectivity index is 2.58. The summed E-state index contributed by atoms with van der Waals surface area (Å²) in [7, 11) is 0. The van der Waals surface area contributed by atoms with Crippen LogP contribution in [0.5, 0.6) is 0 Å². The van der Waals surface area contributed by atoms with Gasteiger partial charge in [-0.3, -0.25) is 4.79 Å². The lowest BCUT2D eigenvalue weighted by molar-refractivity contribution is 0.0957. The van der Waals surface area contributed by atoms with Crippen LogP contribution in [0.25, 0.3) is 0 Å². The molecular formula is C14H20N2OS2. The van der Waals surface area contributed by atoms with Crippen molar-refractivity contribution in [2.45, 2.75) is 25.5 Å². The number of nitrogens with one attached hydrogen (secondary N) is 1. The largest absolute Gasteiger partial charge is 0.351 e. The molecule has 1 atom stereocenters. The number of aryl methyl sites for hydroxylation is 1. The third-order valence-corrected chi connectivity index (χ3v) is 4.88. The van der Waals surface area contributed by atoms with Gasteiger partial charge in [0.2, 0.25) is 0 Å². The Hall–Kier alpha value is -0.960. The molecule has 0 aliphatic rings. The summed E-state index contributed by atoms with van der Waals surface area (Å²) >= 11 is 3.23. The van der Waals surface area contributed by atoms with Crippen LogP contribution in [0.3, 0.4) is 0 Å². The van der Waals surface area contributed by atoms with E-state index >= 15 is 0 Å². The monoisotopic (exact) mass is 296 g/mol. The first-order valence-electron chi connectivity index (χ1n) is 6.18. The van der Waals surface area contributed by atoms with Crippen LogP contribution in [0.4, 0.5) is 0 Å². The summed E-state index contributed by atoms with van der Waals surface area (Å²) < 4.78 is 0. The van der Waals surface area contributed by atoms with Crippen LogP contribution in [0.15, 0.2) is 6.07 Å². The van der Waals surface area contributed by atoms with Gasteiger partial charge in [0.15, 0.2) is 0 Å². The fourth-order valence-electron chi connectivity index (χ4n) is 1.44. The fourth-order valence-corrected chi connectivity index (χ4v) is 2.76. The molecule has 1 aromatic heterocycles. The second-order valence-corrected chi connectivity index (χ2v) is 6.55. The number of hydrogen-bond acceptors (Lipinski definition) is 4. The highest BCUT2D eigenvalue weighted by molar-refractivity contribution is 7.99. The minimum atomic E-state index is -0.0119. The molecule has 0 bridgehead atoms. The summed E-state index contributed by atoms with van der Waals surface area (Å²) in [6.45, 7) is 5.17. The summed E-state index contributed by atoms with van der Waals surface area (Å²) in [4.78, 5) is 13.6. The maximum atomic E-state index is 12.0. The van der Waals surface area contributed by atoms with Gasteiger partial charge in [-0.05, 0) is 31.2 Å². The maximum absolute atomic E-state index is 12.0. The van der Waals surface area contributed by atoms with E-state index < -0.39 is 0 Å². The summed E-state index contributed by atoms with van der Waals surface area (Å²) in [5.41, 5.74) is 6.39. The smallest absolute Gasteiger partial charge is 0.261 e. The maximum Gasteiger partial charge on any atom is 0.261 e. The standard InChI is InChI=1S/C14H20N2OS2/c1-10-9-13(19-12(10)5-4-7-15)14(17)16-8-6-11(2)18-3/h9,11H,6-8,15H2,1-3H3,(H,16,17). The van der Waals surface area contributed by atoms with Crippen molar-refractivity contribution < 1.29 is 4.79 Å². The Bertz CT molecular complexity index is 485. The average Bonchev–Trinajstić information content (AvgIpc) is 2.77. The number of carbonyl (C=O) groups is 1. The van der Waals surface area contributed by atoms with Gasteiger partial charge >= 0.3 is 0 Å². The summed E-state index contributed by atoms with van der Waals surface area (Å²) in [6, 6.07) is 1.89. The Kier molecular flexibility index (Phi) is 7.00. The minimum absolute atomic E-state index is 0.0119. The molecule has 104 valence electrons. The van der Waals surface area contributed by atoms with Crippen molar-refractivity contribution in [2.75, 3.05) is 19.3 Å². The Morgan fingerprint density at radius 3 is 3.00 bits per heavy atom. The molecule has 1 aromatic rings. The predicted molar refractivity (Wildman–Crippen MR) is 84.9 cm³/mol. The van der Waals surface area contributed by atoms with E-state index in [1.807, 2.05) is 24.8 Å². The summed E-state index contributed by atoms with van der Waals surface area (Å²) in [6.07, 6.45) is 3.06. The average molecular weight is 296 g/mol. The Morgan fingerprint density at radius 1 is 1.63 bits per heavy atom. The van der Waals surface area contributed by atoms with Gasteiger partial charge in [-0.25, -0.2) is 0 Å². The van der Waals surface area contributed by atoms with Crippen LogP contribution in [0.1, 0.15) is 33.5 Å². The van der Waals surface area contributed by atoms with Gasteiger partial charge < -0.3 is 11.1 Å². The molecule has 3 nitrogen and oxygen atoms in total. The molecule has 0 spiro atoms. The van der Waals surface area contributed by atoms with Crippen molar-refractivity contribution >= 4 is 29.0 Å². The van der Waals surface area contributed by atoms with E-state index in [4.69, 9.17) is 5.73 Å². The molecule has 0 aliphatic heterocycles. The van der Waals surface area contributed by atoms with E-state index in [2.05, 4.69) is 30.3 Å². The summed E-state index contributed by atoms with van der Waals surface area (Å²) in [5, 5.41) is 3.51. The second-order valence-electron chi connectivity index (χ2n) is 4.22. The first-order valence-corrected chi connectivity index (χ1v) is 8.29. The molecule has 3 N–H and O–H groups in total. The van der Waals surface area contributed by atoms with E-state index in [9.17, 15) is 4.79 Å². The molecule has 0 saturated heterocycles. The zero-order chi connectivity index (χ0) is 14.3. The summed E-state index contributed by atoms with van der Waals surface area (Å²) in [5.74, 6) is 5.80. The van der Waals surface area contributed by atoms with Gasteiger partial charge in [-0.2, -0.15) is 11.8 Å². The highest BCUT2D eigenvalue weighted by atomic mass is 32.2. The van der Waals surface area contributed by atoms with Gasteiger partial charge in [0.25, 0.3) is 5.91 Å². The Morgan fingerprint density at radius 2 is 2.37 bits per heavy atom. The Labute approximate surface area is 123 Å². The van der Waals surface area contributed by atoms with Crippen molar-refractivity contribution in [3.8, 4) is 11.8 Å². The lowest BCUT2D eigenvalue weighted by Crippen LogP contribution is -2.25. The van der Waals surface area contributed by atoms with Gasteiger partial charge in [-0.1, -0.05) is 18.8 Å². The number of amides is 1. The molecule has 5 heteroatoms. The van der Waals surface area contributed by atoms with Gasteiger partial charge in [0.05, 0.1) is 16.3 Å². The van der Waals surface area contributed by atoms with E-state index in [0.717, 1.165) is 21.7 Å². The van der Waals surface area contributed by atoms with Crippen LogP contribution in [0.2, 0.25) is 0 Å². The molecule has 0 saturated carbocycles. The van der Waals surface area contributed by atoms with Gasteiger partial charge in [0, 0.05) is 11.8 Å². The SMILES string of the molecule is CSC(C)CCNC(=O)c1cc(C)c(C#CCN)s1. The minimum Gasteiger partial charge on any atom is -0.351 e. The number of nitrogens with two attached hydrogens (primary N) is 1. The number of hydrogen-bond donors (Lipinski definition) is 2. The lowest BCUT2D eigenvalue weighted by atomic mass is 10.2. The third kappa shape index (κ3) is 5.27. The molecule has 1 heterocycles. The number of rotatable bonds is 5. The number of thioether (sulfide) groups is 1. The van der Waals surface area contributed by atoms with Gasteiger partial charge in [0.1, 0.15) is 0 Å². The molecule has 0 fully saturated rings. The highest BCUT2D eigenvalue weighted by Gasteiger charge is 2.11. The molecule has 0 aliphatic carbocycles. The molecular weight excluding hydrogens is 276 g/mol. The second kappa shape index (κ2) is 8.26. The van der Waals surface area contributed by atoms with Crippen LogP contribution in [-0.4, -0.2) is 30.5 Å². The number of carbonyl (C=O) groups excluding carboxylic acids is 1. The van der Waals surface area contributed by atoms with Crippen LogP contribution in [-0.2, 0) is 0 Å². The van der Waals surface area contributed by atoms with E-state index in [1.54, 1.807) is 0 Å². The van der Waals surface area contributed by atoms with E-state index in [-0.39, 0.29) is 5.91 Å². The van der Waals surface area contributed by atoms with Crippen LogP contribution in [0, 0.1) is 18.8 Å². The van der Waals surface area contributed by atoms with Crippen LogP contribution < -0.4 is 11.1 Å².